The maximum Gasteiger partial charge on any atom is 0.257 e. The zero-order valence-electron chi connectivity index (χ0n) is 11.2. The Balaban J connectivity index is 1.73. The molecule has 0 aliphatic heterocycles. The summed E-state index contributed by atoms with van der Waals surface area (Å²) in [6.07, 6.45) is 1.89. The van der Waals surface area contributed by atoms with Gasteiger partial charge in [0.25, 0.3) is 10.0 Å². The minimum absolute atomic E-state index is 0.0824. The number of para-hydroxylation sites is 1. The number of imidazole rings is 1. The average molecular weight is 295 g/mol. The van der Waals surface area contributed by atoms with Crippen molar-refractivity contribution in [1.82, 2.24) is 14.7 Å². The van der Waals surface area contributed by atoms with Gasteiger partial charge in [0.1, 0.15) is 11.6 Å². The highest BCUT2D eigenvalue weighted by atomic mass is 32.2. The first-order valence-electron chi connectivity index (χ1n) is 6.27. The molecule has 0 amide bonds. The standard InChI is InChI=1S/C13H17N3O3S/c1-11-14-10-13(16-11)20(17,18)15-8-5-9-19-12-6-3-2-4-7-12/h2-4,6-7,10,15H,5,8-9H2,1H3,(H,14,16). The summed E-state index contributed by atoms with van der Waals surface area (Å²) in [5.74, 6) is 1.34. The minimum Gasteiger partial charge on any atom is -0.494 e. The molecule has 0 aliphatic carbocycles. The van der Waals surface area contributed by atoms with Crippen LogP contribution in [0, 0.1) is 6.92 Å². The second-order valence-corrected chi connectivity index (χ2v) is 5.98. The fourth-order valence-electron chi connectivity index (χ4n) is 1.60. The van der Waals surface area contributed by atoms with Gasteiger partial charge in [0.15, 0.2) is 5.03 Å². The second-order valence-electron chi connectivity index (χ2n) is 4.25. The van der Waals surface area contributed by atoms with Crippen molar-refractivity contribution in [2.75, 3.05) is 13.2 Å². The lowest BCUT2D eigenvalue weighted by atomic mass is 10.3. The summed E-state index contributed by atoms with van der Waals surface area (Å²) in [7, 11) is -3.51. The largest absolute Gasteiger partial charge is 0.494 e. The zero-order valence-corrected chi connectivity index (χ0v) is 12.0. The molecule has 0 radical (unpaired) electrons. The van der Waals surface area contributed by atoms with Crippen molar-refractivity contribution in [3.63, 3.8) is 0 Å². The number of aryl methyl sites for hydroxylation is 1. The molecule has 0 fully saturated rings. The van der Waals surface area contributed by atoms with Crippen LogP contribution in [0.3, 0.4) is 0 Å². The van der Waals surface area contributed by atoms with Gasteiger partial charge in [0.05, 0.1) is 12.8 Å². The number of aromatic amines is 1. The lowest BCUT2D eigenvalue weighted by molar-refractivity contribution is 0.311. The molecule has 0 saturated carbocycles. The number of aromatic nitrogens is 2. The number of hydrogen-bond acceptors (Lipinski definition) is 4. The maximum absolute atomic E-state index is 11.9. The lowest BCUT2D eigenvalue weighted by Gasteiger charge is -2.07. The van der Waals surface area contributed by atoms with E-state index in [2.05, 4.69) is 14.7 Å². The molecule has 7 heteroatoms. The fourth-order valence-corrected chi connectivity index (χ4v) is 2.64. The number of rotatable bonds is 7. The molecule has 2 aromatic rings. The van der Waals surface area contributed by atoms with Gasteiger partial charge in [-0.3, -0.25) is 0 Å². The molecule has 1 aromatic heterocycles. The minimum atomic E-state index is -3.51. The molecular weight excluding hydrogens is 278 g/mol. The number of H-pyrrole nitrogens is 1. The fraction of sp³-hybridized carbons (Fsp3) is 0.308. The third kappa shape index (κ3) is 4.07. The number of benzene rings is 1. The van der Waals surface area contributed by atoms with Crippen LogP contribution in [0.15, 0.2) is 41.6 Å². The Labute approximate surface area is 118 Å². The van der Waals surface area contributed by atoms with E-state index in [-0.39, 0.29) is 5.03 Å². The third-order valence-electron chi connectivity index (χ3n) is 2.59. The van der Waals surface area contributed by atoms with Gasteiger partial charge in [-0.2, -0.15) is 0 Å². The van der Waals surface area contributed by atoms with Crippen LogP contribution >= 0.6 is 0 Å². The van der Waals surface area contributed by atoms with Crippen LogP contribution < -0.4 is 9.46 Å². The molecule has 0 bridgehead atoms. The van der Waals surface area contributed by atoms with Crippen molar-refractivity contribution < 1.29 is 13.2 Å². The van der Waals surface area contributed by atoms with E-state index >= 15 is 0 Å². The van der Waals surface area contributed by atoms with E-state index < -0.39 is 10.0 Å². The first kappa shape index (κ1) is 14.5. The smallest absolute Gasteiger partial charge is 0.257 e. The molecule has 1 heterocycles. The molecule has 0 atom stereocenters. The maximum atomic E-state index is 11.9. The van der Waals surface area contributed by atoms with E-state index in [1.165, 1.54) is 6.20 Å². The first-order valence-corrected chi connectivity index (χ1v) is 7.75. The molecule has 2 rings (SSSR count). The Hall–Kier alpha value is -1.86. The number of ether oxygens (including phenoxy) is 1. The Bertz CT molecular complexity index is 638. The third-order valence-corrected chi connectivity index (χ3v) is 3.96. The predicted molar refractivity (Wildman–Crippen MR) is 75.1 cm³/mol. The zero-order chi connectivity index (χ0) is 14.4. The van der Waals surface area contributed by atoms with Crippen molar-refractivity contribution in [3.8, 4) is 5.75 Å². The molecule has 6 nitrogen and oxygen atoms in total. The van der Waals surface area contributed by atoms with Gasteiger partial charge >= 0.3 is 0 Å². The second kappa shape index (κ2) is 6.53. The van der Waals surface area contributed by atoms with E-state index in [9.17, 15) is 8.42 Å². The van der Waals surface area contributed by atoms with Crippen LogP contribution in [-0.4, -0.2) is 31.5 Å². The predicted octanol–water partition coefficient (Wildman–Crippen LogP) is 1.47. The number of hydrogen-bond donors (Lipinski definition) is 2. The van der Waals surface area contributed by atoms with E-state index in [0.29, 0.717) is 25.4 Å². The summed E-state index contributed by atoms with van der Waals surface area (Å²) in [4.78, 5) is 6.56. The van der Waals surface area contributed by atoms with Gasteiger partial charge in [-0.25, -0.2) is 18.1 Å². The van der Waals surface area contributed by atoms with Crippen molar-refractivity contribution >= 4 is 10.0 Å². The van der Waals surface area contributed by atoms with Crippen molar-refractivity contribution in [3.05, 3.63) is 42.4 Å². The Morgan fingerprint density at radius 2 is 2.05 bits per heavy atom. The highest BCUT2D eigenvalue weighted by Crippen LogP contribution is 2.08. The Morgan fingerprint density at radius 3 is 2.70 bits per heavy atom. The first-order chi connectivity index (χ1) is 9.58. The topological polar surface area (TPSA) is 84.1 Å². The van der Waals surface area contributed by atoms with Crippen molar-refractivity contribution in [2.45, 2.75) is 18.4 Å². The van der Waals surface area contributed by atoms with Gasteiger partial charge in [-0.15, -0.1) is 0 Å². The lowest BCUT2D eigenvalue weighted by Crippen LogP contribution is -2.26. The van der Waals surface area contributed by atoms with Crippen molar-refractivity contribution in [2.24, 2.45) is 0 Å². The molecule has 1 aromatic carbocycles. The normalized spacial score (nSPS) is 11.4. The molecule has 0 saturated heterocycles. The molecule has 108 valence electrons. The molecule has 0 unspecified atom stereocenters. The van der Waals surface area contributed by atoms with Gasteiger partial charge in [0, 0.05) is 6.54 Å². The molecule has 2 N–H and O–H groups in total. The average Bonchev–Trinajstić information content (AvgIpc) is 2.87. The van der Waals surface area contributed by atoms with Crippen LogP contribution in [0.2, 0.25) is 0 Å². The Kier molecular flexibility index (Phi) is 4.75. The molecule has 0 spiro atoms. The van der Waals surface area contributed by atoms with E-state index in [1.807, 2.05) is 30.3 Å². The molecule has 20 heavy (non-hydrogen) atoms. The number of nitrogens with one attached hydrogen (secondary N) is 2. The van der Waals surface area contributed by atoms with Crippen LogP contribution in [0.5, 0.6) is 5.75 Å². The summed E-state index contributed by atoms with van der Waals surface area (Å²) >= 11 is 0. The molecular formula is C13H17N3O3S. The highest BCUT2D eigenvalue weighted by Gasteiger charge is 2.15. The van der Waals surface area contributed by atoms with Crippen LogP contribution in [0.4, 0.5) is 0 Å². The number of sulfonamides is 1. The summed E-state index contributed by atoms with van der Waals surface area (Å²) in [6.45, 7) is 2.47. The van der Waals surface area contributed by atoms with Crippen LogP contribution in [0.1, 0.15) is 12.2 Å². The quantitative estimate of drug-likeness (QED) is 0.758. The Morgan fingerprint density at radius 1 is 1.30 bits per heavy atom. The summed E-state index contributed by atoms with van der Waals surface area (Å²) in [6, 6.07) is 9.40. The SMILES string of the molecule is Cc1ncc(S(=O)(=O)NCCCOc2ccccc2)[nH]1. The van der Waals surface area contributed by atoms with Gasteiger partial charge in [0.2, 0.25) is 0 Å². The van der Waals surface area contributed by atoms with E-state index in [0.717, 1.165) is 5.75 Å². The van der Waals surface area contributed by atoms with Gasteiger partial charge in [-0.1, -0.05) is 18.2 Å². The summed E-state index contributed by atoms with van der Waals surface area (Å²) < 4.78 is 31.7. The van der Waals surface area contributed by atoms with Crippen LogP contribution in [-0.2, 0) is 10.0 Å². The van der Waals surface area contributed by atoms with Gasteiger partial charge < -0.3 is 9.72 Å². The highest BCUT2D eigenvalue weighted by molar-refractivity contribution is 7.89. The number of nitrogens with zero attached hydrogens (tertiary/aromatic N) is 1. The van der Waals surface area contributed by atoms with Crippen molar-refractivity contribution in [1.29, 1.82) is 0 Å². The van der Waals surface area contributed by atoms with E-state index in [1.54, 1.807) is 6.92 Å². The monoisotopic (exact) mass is 295 g/mol. The molecule has 0 aliphatic rings. The summed E-state index contributed by atoms with van der Waals surface area (Å²) in [5, 5.41) is 0.0824. The van der Waals surface area contributed by atoms with E-state index in [4.69, 9.17) is 4.74 Å². The van der Waals surface area contributed by atoms with Gasteiger partial charge in [-0.05, 0) is 25.5 Å². The summed E-state index contributed by atoms with van der Waals surface area (Å²) in [5.41, 5.74) is 0. The van der Waals surface area contributed by atoms with Crippen LogP contribution in [0.25, 0.3) is 0 Å².